The summed E-state index contributed by atoms with van der Waals surface area (Å²) in [6.07, 6.45) is 6.75. The summed E-state index contributed by atoms with van der Waals surface area (Å²) in [6, 6.07) is 9.61. The smallest absolute Gasteiger partial charge is 0.257 e. The summed E-state index contributed by atoms with van der Waals surface area (Å²) in [7, 11) is 4.14. The van der Waals surface area contributed by atoms with Gasteiger partial charge < -0.3 is 20.4 Å². The molecule has 0 aromatic carbocycles. The van der Waals surface area contributed by atoms with Crippen LogP contribution in [0, 0.1) is 0 Å². The standard InChI is InChI=1S/C27H31N9O/c1-27(2,3)34-24-14-28-13-22(32-24)20-7-6-18-12-30-23(11-21(18)31-20)33-26(37)17-8-9-29-25(10-17)36-15-19(16-36)35(4)5/h6-14,19H,15-16H2,1-5H3,(H,32,34)(H,30,33,37). The summed E-state index contributed by atoms with van der Waals surface area (Å²) in [5.41, 5.74) is 2.43. The van der Waals surface area contributed by atoms with E-state index in [4.69, 9.17) is 4.98 Å². The highest BCUT2D eigenvalue weighted by atomic mass is 16.1. The van der Waals surface area contributed by atoms with E-state index in [-0.39, 0.29) is 11.4 Å². The molecule has 1 aliphatic rings. The molecule has 1 aliphatic heterocycles. The maximum atomic E-state index is 13.0. The van der Waals surface area contributed by atoms with Gasteiger partial charge in [0.15, 0.2) is 0 Å². The lowest BCUT2D eigenvalue weighted by molar-refractivity contribution is 0.102. The minimum absolute atomic E-state index is 0.137. The van der Waals surface area contributed by atoms with Crippen LogP contribution < -0.4 is 15.5 Å². The van der Waals surface area contributed by atoms with Crippen LogP contribution in [0.1, 0.15) is 31.1 Å². The molecule has 1 amide bonds. The van der Waals surface area contributed by atoms with Crippen molar-refractivity contribution in [1.29, 1.82) is 0 Å². The van der Waals surface area contributed by atoms with Crippen LogP contribution in [0.15, 0.2) is 55.1 Å². The highest BCUT2D eigenvalue weighted by Crippen LogP contribution is 2.24. The molecule has 0 radical (unpaired) electrons. The predicted molar refractivity (Wildman–Crippen MR) is 146 cm³/mol. The zero-order chi connectivity index (χ0) is 26.2. The van der Waals surface area contributed by atoms with Gasteiger partial charge in [-0.2, -0.15) is 0 Å². The Morgan fingerprint density at radius 2 is 1.78 bits per heavy atom. The zero-order valence-corrected chi connectivity index (χ0v) is 21.7. The quantitative estimate of drug-likeness (QED) is 0.412. The van der Waals surface area contributed by atoms with Gasteiger partial charge in [0.25, 0.3) is 5.91 Å². The van der Waals surface area contributed by atoms with Gasteiger partial charge in [-0.1, -0.05) is 0 Å². The summed E-state index contributed by atoms with van der Waals surface area (Å²) in [6.45, 7) is 7.99. The van der Waals surface area contributed by atoms with Crippen molar-refractivity contribution in [2.24, 2.45) is 0 Å². The molecule has 0 aliphatic carbocycles. The number of nitrogens with one attached hydrogen (secondary N) is 2. The molecule has 4 aromatic heterocycles. The number of fused-ring (bicyclic) bond motifs is 1. The lowest BCUT2D eigenvalue weighted by atomic mass is 10.1. The number of nitrogens with zero attached hydrogens (tertiary/aromatic N) is 7. The first-order valence-corrected chi connectivity index (χ1v) is 12.2. The second-order valence-electron chi connectivity index (χ2n) is 10.5. The van der Waals surface area contributed by atoms with Crippen LogP contribution in [0.5, 0.6) is 0 Å². The van der Waals surface area contributed by atoms with Crippen LogP contribution in [0.25, 0.3) is 22.3 Å². The first-order valence-electron chi connectivity index (χ1n) is 12.2. The highest BCUT2D eigenvalue weighted by Gasteiger charge is 2.29. The Hall–Kier alpha value is -4.18. The average molecular weight is 498 g/mol. The Labute approximate surface area is 216 Å². The van der Waals surface area contributed by atoms with Gasteiger partial charge in [0, 0.05) is 54.1 Å². The lowest BCUT2D eigenvalue weighted by Gasteiger charge is -2.43. The van der Waals surface area contributed by atoms with Gasteiger partial charge in [-0.15, -0.1) is 0 Å². The largest absolute Gasteiger partial charge is 0.364 e. The first kappa shape index (κ1) is 24.5. The molecule has 10 nitrogen and oxygen atoms in total. The van der Waals surface area contributed by atoms with E-state index >= 15 is 0 Å². The highest BCUT2D eigenvalue weighted by molar-refractivity contribution is 6.04. The third kappa shape index (κ3) is 5.64. The maximum Gasteiger partial charge on any atom is 0.257 e. The second kappa shape index (κ2) is 9.70. The number of amides is 1. The van der Waals surface area contributed by atoms with E-state index in [9.17, 15) is 4.79 Å². The van der Waals surface area contributed by atoms with Crippen molar-refractivity contribution in [3.05, 3.63) is 60.7 Å². The third-order valence-electron chi connectivity index (χ3n) is 6.14. The molecule has 1 saturated heterocycles. The molecule has 4 aromatic rings. The number of carbonyl (C=O) groups excluding carboxylic acids is 1. The second-order valence-corrected chi connectivity index (χ2v) is 10.5. The number of hydrogen-bond donors (Lipinski definition) is 2. The Morgan fingerprint density at radius 1 is 0.973 bits per heavy atom. The van der Waals surface area contributed by atoms with E-state index in [1.165, 1.54) is 0 Å². The van der Waals surface area contributed by atoms with Gasteiger partial charge in [-0.05, 0) is 59.1 Å². The number of pyridine rings is 3. The van der Waals surface area contributed by atoms with Crippen LogP contribution in [0.3, 0.4) is 0 Å². The summed E-state index contributed by atoms with van der Waals surface area (Å²) in [5, 5.41) is 7.08. The molecule has 5 heterocycles. The summed E-state index contributed by atoms with van der Waals surface area (Å²) < 4.78 is 0. The number of carbonyl (C=O) groups is 1. The van der Waals surface area contributed by atoms with Gasteiger partial charge >= 0.3 is 0 Å². The van der Waals surface area contributed by atoms with Crippen molar-refractivity contribution < 1.29 is 4.79 Å². The summed E-state index contributed by atoms with van der Waals surface area (Å²) in [5.74, 6) is 1.66. The molecule has 10 heteroatoms. The van der Waals surface area contributed by atoms with Gasteiger partial charge in [-0.25, -0.2) is 19.9 Å². The SMILES string of the molecule is CN(C)C1CN(c2cc(C(=O)Nc3cc4nc(-c5cncc(NC(C)(C)C)n5)ccc4cn3)ccn2)C1. The van der Waals surface area contributed by atoms with Gasteiger partial charge in [-0.3, -0.25) is 9.78 Å². The molecule has 0 unspecified atom stereocenters. The Bertz CT molecular complexity index is 1440. The molecule has 37 heavy (non-hydrogen) atoms. The van der Waals surface area contributed by atoms with E-state index in [1.807, 2.05) is 18.2 Å². The van der Waals surface area contributed by atoms with E-state index in [0.717, 1.165) is 24.3 Å². The van der Waals surface area contributed by atoms with Crippen molar-refractivity contribution >= 4 is 34.3 Å². The van der Waals surface area contributed by atoms with E-state index < -0.39 is 0 Å². The first-order chi connectivity index (χ1) is 17.6. The summed E-state index contributed by atoms with van der Waals surface area (Å²) in [4.78, 5) is 39.9. The van der Waals surface area contributed by atoms with Crippen molar-refractivity contribution in [1.82, 2.24) is 29.8 Å². The fourth-order valence-corrected chi connectivity index (χ4v) is 4.05. The lowest BCUT2D eigenvalue weighted by Crippen LogP contribution is -2.57. The van der Waals surface area contributed by atoms with Crippen LogP contribution in [0.2, 0.25) is 0 Å². The van der Waals surface area contributed by atoms with Crippen LogP contribution in [-0.4, -0.2) is 74.5 Å². The topological polar surface area (TPSA) is 112 Å². The number of rotatable bonds is 6. The molecular formula is C27H31N9O. The molecule has 0 bridgehead atoms. The molecule has 5 rings (SSSR count). The van der Waals surface area contributed by atoms with Gasteiger partial charge in [0.2, 0.25) is 0 Å². The van der Waals surface area contributed by atoms with Crippen molar-refractivity contribution in [2.45, 2.75) is 32.4 Å². The molecule has 1 fully saturated rings. The molecule has 190 valence electrons. The van der Waals surface area contributed by atoms with Crippen LogP contribution in [-0.2, 0) is 0 Å². The van der Waals surface area contributed by atoms with Crippen molar-refractivity contribution in [3.8, 4) is 11.4 Å². The van der Waals surface area contributed by atoms with Crippen LogP contribution in [0.4, 0.5) is 17.5 Å². The minimum atomic E-state index is -0.247. The monoisotopic (exact) mass is 497 g/mol. The third-order valence-corrected chi connectivity index (χ3v) is 6.14. The Kier molecular flexibility index (Phi) is 6.43. The predicted octanol–water partition coefficient (Wildman–Crippen LogP) is 3.69. The Balaban J connectivity index is 1.33. The Morgan fingerprint density at radius 3 is 2.54 bits per heavy atom. The number of likely N-dealkylation sites (N-methyl/N-ethyl adjacent to an activating group) is 1. The number of anilines is 3. The molecule has 2 N–H and O–H groups in total. The molecule has 0 saturated carbocycles. The average Bonchev–Trinajstić information content (AvgIpc) is 2.82. The zero-order valence-electron chi connectivity index (χ0n) is 21.7. The number of aromatic nitrogens is 5. The van der Waals surface area contributed by atoms with E-state index in [2.05, 4.69) is 75.2 Å². The van der Waals surface area contributed by atoms with Gasteiger partial charge in [0.1, 0.15) is 23.1 Å². The number of hydrogen-bond acceptors (Lipinski definition) is 9. The fraction of sp³-hybridized carbons (Fsp3) is 0.333. The van der Waals surface area contributed by atoms with Crippen molar-refractivity contribution in [2.75, 3.05) is 42.7 Å². The van der Waals surface area contributed by atoms with Crippen molar-refractivity contribution in [3.63, 3.8) is 0 Å². The maximum absolute atomic E-state index is 13.0. The van der Waals surface area contributed by atoms with Gasteiger partial charge in [0.05, 0.1) is 23.6 Å². The fourth-order valence-electron chi connectivity index (χ4n) is 4.05. The molecule has 0 atom stereocenters. The van der Waals surface area contributed by atoms with Crippen LogP contribution >= 0.6 is 0 Å². The molecular weight excluding hydrogens is 466 g/mol. The summed E-state index contributed by atoms with van der Waals surface area (Å²) >= 11 is 0. The molecule has 0 spiro atoms. The van der Waals surface area contributed by atoms with E-state index in [0.29, 0.717) is 40.1 Å². The van der Waals surface area contributed by atoms with E-state index in [1.54, 1.807) is 36.9 Å². The minimum Gasteiger partial charge on any atom is -0.364 e. The normalized spacial score (nSPS) is 14.1.